The first-order valence-corrected chi connectivity index (χ1v) is 6.41. The Morgan fingerprint density at radius 3 is 2.82 bits per heavy atom. The lowest BCUT2D eigenvalue weighted by molar-refractivity contribution is 0.170. The van der Waals surface area contributed by atoms with Crippen LogP contribution in [0.15, 0.2) is 18.3 Å². The quantitative estimate of drug-likeness (QED) is 0.829. The summed E-state index contributed by atoms with van der Waals surface area (Å²) in [5, 5.41) is 10.1. The molecule has 4 heteroatoms. The van der Waals surface area contributed by atoms with Crippen LogP contribution in [0.5, 0.6) is 0 Å². The van der Waals surface area contributed by atoms with Gasteiger partial charge in [0.1, 0.15) is 5.82 Å². The summed E-state index contributed by atoms with van der Waals surface area (Å²) in [5.41, 5.74) is 6.42. The van der Waals surface area contributed by atoms with Crippen molar-refractivity contribution >= 4 is 5.82 Å². The van der Waals surface area contributed by atoms with Crippen LogP contribution >= 0.6 is 0 Å². The van der Waals surface area contributed by atoms with Crippen molar-refractivity contribution in [2.75, 3.05) is 24.5 Å². The van der Waals surface area contributed by atoms with Crippen LogP contribution in [0.3, 0.4) is 0 Å². The second kappa shape index (κ2) is 5.98. The van der Waals surface area contributed by atoms with Crippen LogP contribution in [0.1, 0.15) is 37.4 Å². The summed E-state index contributed by atoms with van der Waals surface area (Å²) in [4.78, 5) is 6.71. The van der Waals surface area contributed by atoms with E-state index < -0.39 is 6.10 Å². The van der Waals surface area contributed by atoms with Crippen LogP contribution in [0.2, 0.25) is 0 Å². The summed E-state index contributed by atoms with van der Waals surface area (Å²) in [6.45, 7) is 2.58. The van der Waals surface area contributed by atoms with Gasteiger partial charge in [-0.1, -0.05) is 6.07 Å². The molecular formula is C13H21N3O. The van der Waals surface area contributed by atoms with Crippen molar-refractivity contribution < 1.29 is 5.11 Å². The van der Waals surface area contributed by atoms with E-state index >= 15 is 0 Å². The minimum atomic E-state index is -0.495. The van der Waals surface area contributed by atoms with Crippen LogP contribution < -0.4 is 10.6 Å². The first-order valence-electron chi connectivity index (χ1n) is 6.41. The van der Waals surface area contributed by atoms with Gasteiger partial charge in [-0.2, -0.15) is 0 Å². The van der Waals surface area contributed by atoms with Crippen molar-refractivity contribution in [3.05, 3.63) is 23.9 Å². The number of hydrogen-bond donors (Lipinski definition) is 2. The van der Waals surface area contributed by atoms with Gasteiger partial charge >= 0.3 is 0 Å². The molecule has 1 aromatic heterocycles. The third kappa shape index (κ3) is 2.96. The number of pyridine rings is 1. The zero-order valence-electron chi connectivity index (χ0n) is 10.2. The van der Waals surface area contributed by atoms with Gasteiger partial charge in [0.15, 0.2) is 0 Å². The summed E-state index contributed by atoms with van der Waals surface area (Å²) in [6, 6.07) is 3.83. The number of piperidine rings is 1. The lowest BCUT2D eigenvalue weighted by Crippen LogP contribution is -2.31. The van der Waals surface area contributed by atoms with Gasteiger partial charge < -0.3 is 15.7 Å². The van der Waals surface area contributed by atoms with Gasteiger partial charge in [0.05, 0.1) is 6.10 Å². The Kier molecular flexibility index (Phi) is 4.34. The fraction of sp³-hybridized carbons (Fsp3) is 0.615. The molecule has 0 radical (unpaired) electrons. The maximum atomic E-state index is 10.1. The van der Waals surface area contributed by atoms with Crippen LogP contribution in [0.25, 0.3) is 0 Å². The molecule has 2 heterocycles. The first kappa shape index (κ1) is 12.3. The average Bonchev–Trinajstić information content (AvgIpc) is 2.40. The van der Waals surface area contributed by atoms with Crippen molar-refractivity contribution in [3.8, 4) is 0 Å². The molecule has 1 unspecified atom stereocenters. The molecule has 3 N–H and O–H groups in total. The smallest absolute Gasteiger partial charge is 0.134 e. The molecule has 4 nitrogen and oxygen atoms in total. The molecule has 0 aliphatic carbocycles. The van der Waals surface area contributed by atoms with Gasteiger partial charge in [-0.15, -0.1) is 0 Å². The molecular weight excluding hydrogens is 214 g/mol. The Morgan fingerprint density at radius 2 is 2.12 bits per heavy atom. The van der Waals surface area contributed by atoms with Gasteiger partial charge in [-0.25, -0.2) is 4.98 Å². The number of nitrogens with two attached hydrogens (primary N) is 1. The van der Waals surface area contributed by atoms with Crippen LogP contribution in [0.4, 0.5) is 5.82 Å². The second-order valence-electron chi connectivity index (χ2n) is 4.56. The van der Waals surface area contributed by atoms with Crippen LogP contribution in [-0.4, -0.2) is 29.7 Å². The molecule has 17 heavy (non-hydrogen) atoms. The van der Waals surface area contributed by atoms with E-state index in [1.807, 2.05) is 12.1 Å². The normalized spacial score (nSPS) is 18.1. The average molecular weight is 235 g/mol. The SMILES string of the molecule is NCCC(O)c1cccnc1N1CCCCC1. The van der Waals surface area contributed by atoms with Gasteiger partial charge in [0, 0.05) is 24.8 Å². The topological polar surface area (TPSA) is 62.4 Å². The molecule has 94 valence electrons. The molecule has 1 aliphatic rings. The molecule has 0 bridgehead atoms. The fourth-order valence-electron chi connectivity index (χ4n) is 2.35. The summed E-state index contributed by atoms with van der Waals surface area (Å²) in [7, 11) is 0. The third-order valence-electron chi connectivity index (χ3n) is 3.27. The zero-order chi connectivity index (χ0) is 12.1. The Labute approximate surface area is 102 Å². The highest BCUT2D eigenvalue weighted by Gasteiger charge is 2.19. The van der Waals surface area contributed by atoms with Crippen molar-refractivity contribution in [1.82, 2.24) is 4.98 Å². The van der Waals surface area contributed by atoms with E-state index in [0.717, 1.165) is 24.5 Å². The largest absolute Gasteiger partial charge is 0.388 e. The molecule has 0 aromatic carbocycles. The minimum Gasteiger partial charge on any atom is -0.388 e. The lowest BCUT2D eigenvalue weighted by Gasteiger charge is -2.30. The predicted molar refractivity (Wildman–Crippen MR) is 68.9 cm³/mol. The minimum absolute atomic E-state index is 0.495. The molecule has 1 saturated heterocycles. The summed E-state index contributed by atoms with van der Waals surface area (Å²) >= 11 is 0. The Hall–Kier alpha value is -1.13. The summed E-state index contributed by atoms with van der Waals surface area (Å²) in [6.07, 6.45) is 5.61. The molecule has 1 fully saturated rings. The monoisotopic (exact) mass is 235 g/mol. The van der Waals surface area contributed by atoms with Crippen molar-refractivity contribution in [2.24, 2.45) is 5.73 Å². The molecule has 1 aromatic rings. The van der Waals surface area contributed by atoms with E-state index in [1.165, 1.54) is 19.3 Å². The molecule has 2 rings (SSSR count). The van der Waals surface area contributed by atoms with E-state index in [2.05, 4.69) is 9.88 Å². The molecule has 0 saturated carbocycles. The van der Waals surface area contributed by atoms with E-state index in [0.29, 0.717) is 13.0 Å². The van der Waals surface area contributed by atoms with Gasteiger partial charge in [0.25, 0.3) is 0 Å². The molecule has 0 spiro atoms. The molecule has 1 atom stereocenters. The first-order chi connectivity index (χ1) is 8.33. The van der Waals surface area contributed by atoms with Gasteiger partial charge in [0.2, 0.25) is 0 Å². The zero-order valence-corrected chi connectivity index (χ0v) is 10.2. The molecule has 1 aliphatic heterocycles. The number of rotatable bonds is 4. The van der Waals surface area contributed by atoms with E-state index in [9.17, 15) is 5.11 Å². The van der Waals surface area contributed by atoms with Crippen LogP contribution in [0, 0.1) is 0 Å². The number of aromatic nitrogens is 1. The van der Waals surface area contributed by atoms with E-state index in [-0.39, 0.29) is 0 Å². The maximum Gasteiger partial charge on any atom is 0.134 e. The summed E-state index contributed by atoms with van der Waals surface area (Å²) < 4.78 is 0. The lowest BCUT2D eigenvalue weighted by atomic mass is 10.1. The van der Waals surface area contributed by atoms with Crippen LogP contribution in [-0.2, 0) is 0 Å². The van der Waals surface area contributed by atoms with E-state index in [4.69, 9.17) is 5.73 Å². The number of aliphatic hydroxyl groups excluding tert-OH is 1. The number of hydrogen-bond acceptors (Lipinski definition) is 4. The van der Waals surface area contributed by atoms with Crippen molar-refractivity contribution in [2.45, 2.75) is 31.8 Å². The van der Waals surface area contributed by atoms with E-state index in [1.54, 1.807) is 6.20 Å². The Balaban J connectivity index is 2.19. The number of anilines is 1. The standard InChI is InChI=1S/C13H21N3O/c14-7-6-12(17)11-5-4-8-15-13(11)16-9-2-1-3-10-16/h4-5,8,12,17H,1-3,6-7,9-10,14H2. The molecule has 0 amide bonds. The maximum absolute atomic E-state index is 10.1. The number of nitrogens with zero attached hydrogens (tertiary/aromatic N) is 2. The highest BCUT2D eigenvalue weighted by atomic mass is 16.3. The predicted octanol–water partition coefficient (Wildman–Crippen LogP) is 1.45. The van der Waals surface area contributed by atoms with Gasteiger partial charge in [-0.3, -0.25) is 0 Å². The summed E-state index contributed by atoms with van der Waals surface area (Å²) in [5.74, 6) is 0.938. The van der Waals surface area contributed by atoms with Gasteiger partial charge in [-0.05, 0) is 38.3 Å². The third-order valence-corrected chi connectivity index (χ3v) is 3.27. The van der Waals surface area contributed by atoms with Crippen molar-refractivity contribution in [3.63, 3.8) is 0 Å². The fourth-order valence-corrected chi connectivity index (χ4v) is 2.35. The highest BCUT2D eigenvalue weighted by molar-refractivity contribution is 5.48. The van der Waals surface area contributed by atoms with Crippen molar-refractivity contribution in [1.29, 1.82) is 0 Å². The number of aliphatic hydroxyl groups is 1. The Morgan fingerprint density at radius 1 is 1.35 bits per heavy atom. The highest BCUT2D eigenvalue weighted by Crippen LogP contribution is 2.27. The Bertz CT molecular complexity index is 350. The second-order valence-corrected chi connectivity index (χ2v) is 4.56.